The maximum Gasteiger partial charge on any atom is 0.223 e. The summed E-state index contributed by atoms with van der Waals surface area (Å²) in [4.78, 5) is 15.3. The first kappa shape index (κ1) is 13.7. The van der Waals surface area contributed by atoms with Crippen LogP contribution in [0.25, 0.3) is 0 Å². The van der Waals surface area contributed by atoms with Crippen molar-refractivity contribution in [3.8, 4) is 0 Å². The van der Waals surface area contributed by atoms with E-state index in [0.717, 1.165) is 25.0 Å². The van der Waals surface area contributed by atoms with Crippen molar-refractivity contribution in [2.45, 2.75) is 26.2 Å². The number of aromatic nitrogens is 1. The monoisotopic (exact) mass is 273 g/mol. The van der Waals surface area contributed by atoms with Crippen LogP contribution in [0.2, 0.25) is 0 Å². The van der Waals surface area contributed by atoms with E-state index in [1.54, 1.807) is 0 Å². The van der Waals surface area contributed by atoms with Gasteiger partial charge in [-0.1, -0.05) is 24.3 Å². The number of thiazole rings is 1. The molecule has 0 saturated heterocycles. The molecule has 0 aliphatic heterocycles. The fourth-order valence-corrected chi connectivity index (χ4v) is 2.63. The van der Waals surface area contributed by atoms with Gasteiger partial charge in [0, 0.05) is 12.3 Å². The lowest BCUT2D eigenvalue weighted by Gasteiger charge is -2.02. The van der Waals surface area contributed by atoms with E-state index in [1.165, 1.54) is 29.4 Å². The largest absolute Gasteiger partial charge is 0.302 e. The Kier molecular flexibility index (Phi) is 4.68. The number of rotatable bonds is 5. The number of aryl methyl sites for hydroxylation is 2. The number of nitrogens with zero attached hydrogens (tertiary/aromatic N) is 1. The van der Waals surface area contributed by atoms with Gasteiger partial charge >= 0.3 is 0 Å². The molecule has 2 rings (SSSR count). The second-order valence-electron chi connectivity index (χ2n) is 4.40. The second kappa shape index (κ2) is 6.48. The Labute approximate surface area is 117 Å². The molecule has 0 aliphatic rings. The molecule has 0 spiro atoms. The molecule has 1 radical (unpaired) electrons. The summed E-state index contributed by atoms with van der Waals surface area (Å²) in [5.41, 5.74) is 3.58. The SMILES string of the molecule is [CH2]Cc1cccc(CCc2csc(NC(C)=O)n2)c1. The molecule has 1 aromatic heterocycles. The zero-order valence-corrected chi connectivity index (χ0v) is 11.8. The fourth-order valence-electron chi connectivity index (χ4n) is 1.84. The molecule has 19 heavy (non-hydrogen) atoms. The standard InChI is InChI=1S/C15H17N2OS/c1-3-12-5-4-6-13(9-12)7-8-14-10-19-15(17-14)16-11(2)18/h4-6,9-10H,1,3,7-8H2,2H3,(H,16,17,18). The molecule has 0 saturated carbocycles. The predicted octanol–water partition coefficient (Wildman–Crippen LogP) is 3.26. The van der Waals surface area contributed by atoms with E-state index in [0.29, 0.717) is 5.13 Å². The molecule has 3 nitrogen and oxygen atoms in total. The van der Waals surface area contributed by atoms with Crippen molar-refractivity contribution >= 4 is 22.4 Å². The molecule has 0 aliphatic carbocycles. The van der Waals surface area contributed by atoms with Crippen LogP contribution in [-0.2, 0) is 24.1 Å². The summed E-state index contributed by atoms with van der Waals surface area (Å²) in [5.74, 6) is -0.0796. The van der Waals surface area contributed by atoms with E-state index in [2.05, 4.69) is 41.5 Å². The maximum atomic E-state index is 10.9. The number of amides is 1. The van der Waals surface area contributed by atoms with Crippen molar-refractivity contribution in [2.75, 3.05) is 5.32 Å². The van der Waals surface area contributed by atoms with E-state index in [1.807, 2.05) is 5.38 Å². The lowest BCUT2D eigenvalue weighted by atomic mass is 10.0. The maximum absolute atomic E-state index is 10.9. The summed E-state index contributed by atoms with van der Waals surface area (Å²) in [6, 6.07) is 8.47. The smallest absolute Gasteiger partial charge is 0.223 e. The van der Waals surface area contributed by atoms with Gasteiger partial charge in [-0.15, -0.1) is 11.3 Å². The molecule has 1 heterocycles. The Morgan fingerprint density at radius 3 is 2.89 bits per heavy atom. The quantitative estimate of drug-likeness (QED) is 0.908. The van der Waals surface area contributed by atoms with E-state index < -0.39 is 0 Å². The topological polar surface area (TPSA) is 42.0 Å². The van der Waals surface area contributed by atoms with E-state index in [-0.39, 0.29) is 5.91 Å². The van der Waals surface area contributed by atoms with Crippen LogP contribution in [-0.4, -0.2) is 10.9 Å². The van der Waals surface area contributed by atoms with Crippen LogP contribution < -0.4 is 5.32 Å². The molecule has 1 N–H and O–H groups in total. The van der Waals surface area contributed by atoms with Gasteiger partial charge in [0.25, 0.3) is 0 Å². The number of anilines is 1. The van der Waals surface area contributed by atoms with Gasteiger partial charge in [-0.25, -0.2) is 4.98 Å². The third kappa shape index (κ3) is 4.17. The molecule has 2 aromatic rings. The molecule has 1 aromatic carbocycles. The van der Waals surface area contributed by atoms with Gasteiger partial charge < -0.3 is 5.32 Å². The number of nitrogens with one attached hydrogen (secondary N) is 1. The van der Waals surface area contributed by atoms with Crippen molar-refractivity contribution in [3.05, 3.63) is 53.4 Å². The van der Waals surface area contributed by atoms with Crippen LogP contribution >= 0.6 is 11.3 Å². The highest BCUT2D eigenvalue weighted by molar-refractivity contribution is 7.13. The molecule has 0 bridgehead atoms. The molecule has 99 valence electrons. The number of benzene rings is 1. The van der Waals surface area contributed by atoms with Gasteiger partial charge in [0.15, 0.2) is 5.13 Å². The molecule has 1 amide bonds. The van der Waals surface area contributed by atoms with Crippen molar-refractivity contribution in [1.29, 1.82) is 0 Å². The summed E-state index contributed by atoms with van der Waals surface area (Å²) in [7, 11) is 0. The molecular formula is C15H17N2OS. The van der Waals surface area contributed by atoms with Gasteiger partial charge in [-0.3, -0.25) is 4.79 Å². The summed E-state index contributed by atoms with van der Waals surface area (Å²) in [6.45, 7) is 5.39. The number of hydrogen-bond donors (Lipinski definition) is 1. The number of carbonyl (C=O) groups is 1. The van der Waals surface area contributed by atoms with E-state index in [9.17, 15) is 4.79 Å². The summed E-state index contributed by atoms with van der Waals surface area (Å²) in [5, 5.41) is 5.37. The second-order valence-corrected chi connectivity index (χ2v) is 5.25. The lowest BCUT2D eigenvalue weighted by molar-refractivity contribution is -0.114. The summed E-state index contributed by atoms with van der Waals surface area (Å²) < 4.78 is 0. The Bertz CT molecular complexity index is 563. The highest BCUT2D eigenvalue weighted by Gasteiger charge is 2.04. The first-order chi connectivity index (χ1) is 9.17. The highest BCUT2D eigenvalue weighted by Crippen LogP contribution is 2.17. The first-order valence-electron chi connectivity index (χ1n) is 6.26. The Morgan fingerprint density at radius 2 is 2.16 bits per heavy atom. The van der Waals surface area contributed by atoms with Crippen molar-refractivity contribution in [2.24, 2.45) is 0 Å². The van der Waals surface area contributed by atoms with Crippen molar-refractivity contribution in [1.82, 2.24) is 4.98 Å². The molecule has 0 fully saturated rings. The Hall–Kier alpha value is -1.68. The van der Waals surface area contributed by atoms with Gasteiger partial charge in [0.05, 0.1) is 5.69 Å². The van der Waals surface area contributed by atoms with Gasteiger partial charge in [0.2, 0.25) is 5.91 Å². The van der Waals surface area contributed by atoms with Gasteiger partial charge in [-0.05, 0) is 37.3 Å². The number of carbonyl (C=O) groups excluding carboxylic acids is 1. The van der Waals surface area contributed by atoms with Crippen LogP contribution in [0.3, 0.4) is 0 Å². The Balaban J connectivity index is 1.94. The van der Waals surface area contributed by atoms with Crippen LogP contribution in [0.4, 0.5) is 5.13 Å². The zero-order valence-electron chi connectivity index (χ0n) is 11.0. The average Bonchev–Trinajstić information content (AvgIpc) is 2.83. The fraction of sp³-hybridized carbons (Fsp3) is 0.267. The van der Waals surface area contributed by atoms with Crippen LogP contribution in [0.15, 0.2) is 29.6 Å². The summed E-state index contributed by atoms with van der Waals surface area (Å²) >= 11 is 1.47. The highest BCUT2D eigenvalue weighted by atomic mass is 32.1. The third-order valence-corrected chi connectivity index (χ3v) is 3.59. The molecule has 0 atom stereocenters. The normalized spacial score (nSPS) is 10.4. The minimum Gasteiger partial charge on any atom is -0.302 e. The minimum absolute atomic E-state index is 0.0796. The van der Waals surface area contributed by atoms with E-state index in [4.69, 9.17) is 0 Å². The molecule has 4 heteroatoms. The third-order valence-electron chi connectivity index (χ3n) is 2.78. The minimum atomic E-state index is -0.0796. The predicted molar refractivity (Wildman–Crippen MR) is 79.3 cm³/mol. The van der Waals surface area contributed by atoms with Gasteiger partial charge in [-0.2, -0.15) is 0 Å². The summed E-state index contributed by atoms with van der Waals surface area (Å²) in [6.07, 6.45) is 2.66. The molecular weight excluding hydrogens is 256 g/mol. The van der Waals surface area contributed by atoms with Crippen molar-refractivity contribution < 1.29 is 4.79 Å². The van der Waals surface area contributed by atoms with Crippen LogP contribution in [0.1, 0.15) is 23.7 Å². The van der Waals surface area contributed by atoms with Crippen LogP contribution in [0.5, 0.6) is 0 Å². The first-order valence-corrected chi connectivity index (χ1v) is 7.14. The Morgan fingerprint density at radius 1 is 1.37 bits per heavy atom. The van der Waals surface area contributed by atoms with Crippen molar-refractivity contribution in [3.63, 3.8) is 0 Å². The zero-order chi connectivity index (χ0) is 13.7. The lowest BCUT2D eigenvalue weighted by Crippen LogP contribution is -2.05. The van der Waals surface area contributed by atoms with Crippen LogP contribution in [0, 0.1) is 6.92 Å². The van der Waals surface area contributed by atoms with Gasteiger partial charge in [0.1, 0.15) is 0 Å². The average molecular weight is 273 g/mol. The van der Waals surface area contributed by atoms with E-state index >= 15 is 0 Å². The number of hydrogen-bond acceptors (Lipinski definition) is 3. The molecule has 0 unspecified atom stereocenters.